The lowest BCUT2D eigenvalue weighted by molar-refractivity contribution is 0.499. The zero-order chi connectivity index (χ0) is 14.7. The Morgan fingerprint density at radius 1 is 1.19 bits per heavy atom. The zero-order valence-corrected chi connectivity index (χ0v) is 14.4. The Kier molecular flexibility index (Phi) is 4.42. The lowest BCUT2D eigenvalue weighted by Crippen LogP contribution is -2.27. The number of anilines is 1. The highest BCUT2D eigenvalue weighted by Gasteiger charge is 2.40. The number of hydrogen-bond donors (Lipinski definition) is 1. The maximum absolute atomic E-state index is 4.86. The summed E-state index contributed by atoms with van der Waals surface area (Å²) in [6.45, 7) is 2.98. The summed E-state index contributed by atoms with van der Waals surface area (Å²) in [5, 5.41) is 3.35. The monoisotopic (exact) mass is 393 g/mol. The third-order valence-electron chi connectivity index (χ3n) is 4.30. The molecule has 21 heavy (non-hydrogen) atoms. The van der Waals surface area contributed by atoms with Gasteiger partial charge in [-0.05, 0) is 47.9 Å². The Balaban J connectivity index is 2.08. The Labute approximate surface area is 139 Å². The lowest BCUT2D eigenvalue weighted by Gasteiger charge is -2.28. The minimum Gasteiger partial charge on any atom is -0.369 e. The highest BCUT2D eigenvalue weighted by atomic mass is 127. The second-order valence-corrected chi connectivity index (χ2v) is 6.74. The van der Waals surface area contributed by atoms with Crippen LogP contribution >= 0.6 is 22.6 Å². The van der Waals surface area contributed by atoms with E-state index >= 15 is 0 Å². The van der Waals surface area contributed by atoms with Crippen LogP contribution in [-0.4, -0.2) is 16.5 Å². The van der Waals surface area contributed by atoms with Crippen molar-refractivity contribution in [2.24, 2.45) is 0 Å². The Bertz CT molecular complexity index is 607. The van der Waals surface area contributed by atoms with E-state index in [1.165, 1.54) is 18.4 Å². The van der Waals surface area contributed by atoms with Crippen LogP contribution in [0.25, 0.3) is 0 Å². The maximum atomic E-state index is 4.86. The second kappa shape index (κ2) is 6.30. The number of nitrogens with one attached hydrogen (secondary N) is 1. The first-order valence-corrected chi connectivity index (χ1v) is 8.66. The predicted molar refractivity (Wildman–Crippen MR) is 94.6 cm³/mol. The minimum absolute atomic E-state index is 0.00420. The zero-order valence-electron chi connectivity index (χ0n) is 12.3. The molecule has 0 unspecified atom stereocenters. The fourth-order valence-electron chi connectivity index (χ4n) is 3.27. The van der Waals surface area contributed by atoms with E-state index in [1.54, 1.807) is 0 Å². The van der Waals surface area contributed by atoms with E-state index in [2.05, 4.69) is 65.2 Å². The van der Waals surface area contributed by atoms with Crippen molar-refractivity contribution < 1.29 is 0 Å². The van der Waals surface area contributed by atoms with Gasteiger partial charge in [0.1, 0.15) is 11.6 Å². The second-order valence-electron chi connectivity index (χ2n) is 5.58. The van der Waals surface area contributed by atoms with Crippen molar-refractivity contribution in [3.05, 3.63) is 51.5 Å². The summed E-state index contributed by atoms with van der Waals surface area (Å²) in [7, 11) is 0. The molecule has 0 radical (unpaired) electrons. The molecule has 0 aliphatic heterocycles. The van der Waals surface area contributed by atoms with Gasteiger partial charge in [0, 0.05) is 12.7 Å². The van der Waals surface area contributed by atoms with Gasteiger partial charge in [-0.15, -0.1) is 0 Å². The first kappa shape index (κ1) is 14.8. The van der Waals surface area contributed by atoms with Crippen LogP contribution in [0, 0.1) is 3.57 Å². The molecule has 3 nitrogen and oxygen atoms in total. The van der Waals surface area contributed by atoms with E-state index in [0.29, 0.717) is 0 Å². The van der Waals surface area contributed by atoms with Crippen LogP contribution in [0.1, 0.15) is 44.0 Å². The van der Waals surface area contributed by atoms with Crippen LogP contribution in [-0.2, 0) is 5.41 Å². The van der Waals surface area contributed by atoms with Gasteiger partial charge in [-0.3, -0.25) is 0 Å². The van der Waals surface area contributed by atoms with Crippen molar-refractivity contribution in [2.45, 2.75) is 38.0 Å². The number of halogens is 1. The summed E-state index contributed by atoms with van der Waals surface area (Å²) in [6, 6.07) is 10.8. The number of rotatable bonds is 4. The summed E-state index contributed by atoms with van der Waals surface area (Å²) < 4.78 is 1.08. The minimum atomic E-state index is -0.00420. The summed E-state index contributed by atoms with van der Waals surface area (Å²) >= 11 is 2.30. The SMILES string of the molecule is CCNc1nc(C2(c3ccccc3)CCCC2)ncc1I. The summed E-state index contributed by atoms with van der Waals surface area (Å²) in [6.07, 6.45) is 6.73. The van der Waals surface area contributed by atoms with Gasteiger partial charge in [0.25, 0.3) is 0 Å². The van der Waals surface area contributed by atoms with Crippen molar-refractivity contribution in [2.75, 3.05) is 11.9 Å². The highest BCUT2D eigenvalue weighted by Crippen LogP contribution is 2.45. The summed E-state index contributed by atoms with van der Waals surface area (Å²) in [4.78, 5) is 9.56. The van der Waals surface area contributed by atoms with Crippen molar-refractivity contribution in [1.82, 2.24) is 9.97 Å². The van der Waals surface area contributed by atoms with Crippen LogP contribution in [0.4, 0.5) is 5.82 Å². The molecule has 1 aromatic carbocycles. The van der Waals surface area contributed by atoms with Gasteiger partial charge in [0.2, 0.25) is 0 Å². The molecule has 1 aromatic heterocycles. The normalized spacial score (nSPS) is 16.9. The van der Waals surface area contributed by atoms with E-state index in [1.807, 2.05) is 6.20 Å². The third-order valence-corrected chi connectivity index (χ3v) is 5.09. The van der Waals surface area contributed by atoms with Crippen molar-refractivity contribution in [3.63, 3.8) is 0 Å². The van der Waals surface area contributed by atoms with Gasteiger partial charge in [-0.1, -0.05) is 43.2 Å². The highest BCUT2D eigenvalue weighted by molar-refractivity contribution is 14.1. The molecule has 1 aliphatic rings. The molecule has 1 heterocycles. The lowest BCUT2D eigenvalue weighted by atomic mass is 9.78. The largest absolute Gasteiger partial charge is 0.369 e. The van der Waals surface area contributed by atoms with Crippen LogP contribution < -0.4 is 5.32 Å². The standard InChI is InChI=1S/C17H20IN3/c1-2-19-15-14(18)12-20-16(21-15)17(10-6-7-11-17)13-8-4-3-5-9-13/h3-5,8-9,12H,2,6-7,10-11H2,1H3,(H,19,20,21). The number of nitrogens with zero attached hydrogens (tertiary/aromatic N) is 2. The molecular weight excluding hydrogens is 373 g/mol. The molecule has 0 spiro atoms. The molecule has 0 bridgehead atoms. The summed E-state index contributed by atoms with van der Waals surface area (Å²) in [5.74, 6) is 1.94. The average molecular weight is 393 g/mol. The topological polar surface area (TPSA) is 37.8 Å². The quantitative estimate of drug-likeness (QED) is 0.784. The molecule has 1 fully saturated rings. The Morgan fingerprint density at radius 3 is 2.57 bits per heavy atom. The molecule has 1 aliphatic carbocycles. The first-order chi connectivity index (χ1) is 10.3. The van der Waals surface area contributed by atoms with Crippen molar-refractivity contribution >= 4 is 28.4 Å². The molecule has 0 amide bonds. The molecule has 1 saturated carbocycles. The van der Waals surface area contributed by atoms with Gasteiger partial charge >= 0.3 is 0 Å². The smallest absolute Gasteiger partial charge is 0.143 e. The van der Waals surface area contributed by atoms with E-state index in [-0.39, 0.29) is 5.41 Å². The Morgan fingerprint density at radius 2 is 1.90 bits per heavy atom. The average Bonchev–Trinajstić information content (AvgIpc) is 3.01. The van der Waals surface area contributed by atoms with E-state index in [9.17, 15) is 0 Å². The molecule has 0 saturated heterocycles. The van der Waals surface area contributed by atoms with Crippen molar-refractivity contribution in [1.29, 1.82) is 0 Å². The van der Waals surface area contributed by atoms with Crippen LogP contribution in [0.2, 0.25) is 0 Å². The third kappa shape index (κ3) is 2.78. The van der Waals surface area contributed by atoms with E-state index in [0.717, 1.165) is 34.6 Å². The van der Waals surface area contributed by atoms with Crippen LogP contribution in [0.5, 0.6) is 0 Å². The predicted octanol–water partition coefficient (Wildman–Crippen LogP) is 4.37. The number of aromatic nitrogens is 2. The molecule has 0 atom stereocenters. The first-order valence-electron chi connectivity index (χ1n) is 7.59. The van der Waals surface area contributed by atoms with Crippen LogP contribution in [0.3, 0.4) is 0 Å². The number of hydrogen-bond acceptors (Lipinski definition) is 3. The summed E-state index contributed by atoms with van der Waals surface area (Å²) in [5.41, 5.74) is 1.35. The van der Waals surface area contributed by atoms with Gasteiger partial charge < -0.3 is 5.32 Å². The van der Waals surface area contributed by atoms with Gasteiger partial charge in [0.05, 0.1) is 8.99 Å². The molecule has 110 valence electrons. The fourth-order valence-corrected chi connectivity index (χ4v) is 3.72. The van der Waals surface area contributed by atoms with Crippen molar-refractivity contribution in [3.8, 4) is 0 Å². The van der Waals surface area contributed by atoms with Gasteiger partial charge in [0.15, 0.2) is 0 Å². The Hall–Kier alpha value is -1.17. The maximum Gasteiger partial charge on any atom is 0.143 e. The van der Waals surface area contributed by atoms with Gasteiger partial charge in [-0.2, -0.15) is 0 Å². The van der Waals surface area contributed by atoms with E-state index in [4.69, 9.17) is 9.97 Å². The molecule has 4 heteroatoms. The van der Waals surface area contributed by atoms with Crippen LogP contribution in [0.15, 0.2) is 36.5 Å². The molecule has 1 N–H and O–H groups in total. The molecule has 2 aromatic rings. The molecular formula is C17H20IN3. The fraction of sp³-hybridized carbons (Fsp3) is 0.412. The molecule has 3 rings (SSSR count). The number of benzene rings is 1. The van der Waals surface area contributed by atoms with Gasteiger partial charge in [-0.25, -0.2) is 9.97 Å². The van der Waals surface area contributed by atoms with E-state index < -0.39 is 0 Å².